The number of anilines is 4. The predicted octanol–water partition coefficient (Wildman–Crippen LogP) is 4.05. The zero-order valence-electron chi connectivity index (χ0n) is 19.1. The number of hydrogen-bond acceptors (Lipinski definition) is 6. The first-order valence-corrected chi connectivity index (χ1v) is 11.3. The van der Waals surface area contributed by atoms with E-state index in [-0.39, 0.29) is 23.0 Å². The third-order valence-electron chi connectivity index (χ3n) is 5.74. The molecule has 10 heteroatoms. The van der Waals surface area contributed by atoms with Gasteiger partial charge in [0.15, 0.2) is 0 Å². The van der Waals surface area contributed by atoms with E-state index in [0.29, 0.717) is 43.2 Å². The number of hydrogen-bond donors (Lipinski definition) is 5. The number of benzene rings is 2. The molecule has 3 aromatic rings. The van der Waals surface area contributed by atoms with Gasteiger partial charge in [0.1, 0.15) is 17.4 Å². The third-order valence-corrected chi connectivity index (χ3v) is 5.74. The summed E-state index contributed by atoms with van der Waals surface area (Å²) in [5.41, 5.74) is 7.50. The standard InChI is InChI=1S/C25H27FN6O3/c26-19-8-7-17(13-21(19)31-25(35)32-11-3-4-12-32)30-23-14-20(18(15-29-23)24(27)34)28-10-9-16-5-1-2-6-22(16)33/h1-2,5-8,13-15,33H,3-4,9-12H2,(H2,27,34)(H,31,35)(H2,28,29,30). The molecule has 0 radical (unpaired) electrons. The smallest absolute Gasteiger partial charge is 0.321 e. The number of halogens is 1. The van der Waals surface area contributed by atoms with E-state index in [1.807, 2.05) is 12.1 Å². The molecule has 2 heterocycles. The second kappa shape index (κ2) is 10.7. The number of amides is 3. The van der Waals surface area contributed by atoms with Crippen LogP contribution in [0.2, 0.25) is 0 Å². The van der Waals surface area contributed by atoms with Crippen molar-refractivity contribution in [3.8, 4) is 5.75 Å². The van der Waals surface area contributed by atoms with Crippen molar-refractivity contribution in [1.29, 1.82) is 0 Å². The first-order valence-electron chi connectivity index (χ1n) is 11.3. The molecule has 35 heavy (non-hydrogen) atoms. The summed E-state index contributed by atoms with van der Waals surface area (Å²) in [6, 6.07) is 12.6. The molecular formula is C25H27FN6O3. The van der Waals surface area contributed by atoms with Crippen molar-refractivity contribution in [3.05, 3.63) is 71.7 Å². The Bertz CT molecular complexity index is 1230. The Morgan fingerprint density at radius 2 is 1.86 bits per heavy atom. The first-order chi connectivity index (χ1) is 16.9. The Morgan fingerprint density at radius 1 is 1.09 bits per heavy atom. The van der Waals surface area contributed by atoms with Crippen molar-refractivity contribution < 1.29 is 19.1 Å². The molecule has 1 aliphatic rings. The minimum Gasteiger partial charge on any atom is -0.508 e. The zero-order chi connectivity index (χ0) is 24.8. The van der Waals surface area contributed by atoms with Crippen LogP contribution in [0.1, 0.15) is 28.8 Å². The number of aromatic hydroxyl groups is 1. The lowest BCUT2D eigenvalue weighted by molar-refractivity contribution is 0.100. The minimum atomic E-state index is -0.636. The van der Waals surface area contributed by atoms with Crippen LogP contribution in [0, 0.1) is 5.82 Å². The maximum Gasteiger partial charge on any atom is 0.321 e. The van der Waals surface area contributed by atoms with Gasteiger partial charge < -0.3 is 31.7 Å². The lowest BCUT2D eigenvalue weighted by Crippen LogP contribution is -2.32. The number of nitrogens with zero attached hydrogens (tertiary/aromatic N) is 2. The quantitative estimate of drug-likeness (QED) is 0.332. The van der Waals surface area contributed by atoms with Crippen molar-refractivity contribution >= 4 is 34.8 Å². The number of primary amides is 1. The number of carbonyl (C=O) groups is 2. The van der Waals surface area contributed by atoms with Gasteiger partial charge in [-0.15, -0.1) is 0 Å². The number of carbonyl (C=O) groups excluding carboxylic acids is 2. The highest BCUT2D eigenvalue weighted by Gasteiger charge is 2.19. The van der Waals surface area contributed by atoms with Gasteiger partial charge in [0, 0.05) is 37.6 Å². The summed E-state index contributed by atoms with van der Waals surface area (Å²) >= 11 is 0. The Hall–Kier alpha value is -4.34. The maximum atomic E-state index is 14.3. The summed E-state index contributed by atoms with van der Waals surface area (Å²) in [7, 11) is 0. The van der Waals surface area contributed by atoms with Gasteiger partial charge in [-0.05, 0) is 49.1 Å². The summed E-state index contributed by atoms with van der Waals surface area (Å²) in [5.74, 6) is -0.594. The summed E-state index contributed by atoms with van der Waals surface area (Å²) in [5, 5.41) is 18.8. The van der Waals surface area contributed by atoms with E-state index in [1.165, 1.54) is 24.4 Å². The van der Waals surface area contributed by atoms with Gasteiger partial charge >= 0.3 is 6.03 Å². The summed E-state index contributed by atoms with van der Waals surface area (Å²) < 4.78 is 14.3. The second-order valence-electron chi connectivity index (χ2n) is 8.23. The number of phenolic OH excluding ortho intramolecular Hbond substituents is 1. The SMILES string of the molecule is NC(=O)c1cnc(Nc2ccc(F)c(NC(=O)N3CCCC3)c2)cc1NCCc1ccccc1O. The zero-order valence-corrected chi connectivity index (χ0v) is 19.1. The molecule has 0 atom stereocenters. The van der Waals surface area contributed by atoms with E-state index in [9.17, 15) is 19.1 Å². The number of rotatable bonds is 8. The van der Waals surface area contributed by atoms with Crippen LogP contribution in [-0.2, 0) is 6.42 Å². The van der Waals surface area contributed by atoms with Crippen LogP contribution in [0.3, 0.4) is 0 Å². The molecule has 1 aliphatic heterocycles. The van der Waals surface area contributed by atoms with Crippen LogP contribution < -0.4 is 21.7 Å². The van der Waals surface area contributed by atoms with Crippen LogP contribution in [0.15, 0.2) is 54.7 Å². The highest BCUT2D eigenvalue weighted by molar-refractivity contribution is 5.98. The molecule has 1 saturated heterocycles. The molecule has 0 unspecified atom stereocenters. The molecule has 0 aliphatic carbocycles. The van der Waals surface area contributed by atoms with Gasteiger partial charge in [-0.1, -0.05) is 18.2 Å². The molecular weight excluding hydrogens is 451 g/mol. The van der Waals surface area contributed by atoms with E-state index in [2.05, 4.69) is 20.9 Å². The molecule has 0 bridgehead atoms. The van der Waals surface area contributed by atoms with Gasteiger partial charge in [-0.2, -0.15) is 0 Å². The Kier molecular flexibility index (Phi) is 7.30. The van der Waals surface area contributed by atoms with Crippen LogP contribution in [0.5, 0.6) is 5.75 Å². The number of para-hydroxylation sites is 1. The third kappa shape index (κ3) is 5.97. The molecule has 0 saturated carbocycles. The lowest BCUT2D eigenvalue weighted by atomic mass is 10.1. The maximum absolute atomic E-state index is 14.3. The fourth-order valence-corrected chi connectivity index (χ4v) is 3.88. The normalized spacial score (nSPS) is 12.9. The molecule has 2 aromatic carbocycles. The minimum absolute atomic E-state index is 0.0571. The second-order valence-corrected chi connectivity index (χ2v) is 8.23. The largest absolute Gasteiger partial charge is 0.508 e. The molecule has 0 spiro atoms. The average molecular weight is 479 g/mol. The van der Waals surface area contributed by atoms with Gasteiger partial charge in [0.05, 0.1) is 16.9 Å². The fourth-order valence-electron chi connectivity index (χ4n) is 3.88. The van der Waals surface area contributed by atoms with E-state index >= 15 is 0 Å². The Morgan fingerprint density at radius 3 is 2.60 bits per heavy atom. The number of pyridine rings is 1. The van der Waals surface area contributed by atoms with Gasteiger partial charge in [0.25, 0.3) is 5.91 Å². The summed E-state index contributed by atoms with van der Waals surface area (Å²) in [6.07, 6.45) is 3.75. The monoisotopic (exact) mass is 478 g/mol. The van der Waals surface area contributed by atoms with Gasteiger partial charge in [0.2, 0.25) is 0 Å². The molecule has 1 fully saturated rings. The topological polar surface area (TPSA) is 133 Å². The summed E-state index contributed by atoms with van der Waals surface area (Å²) in [4.78, 5) is 30.1. The number of likely N-dealkylation sites (tertiary alicyclic amines) is 1. The highest BCUT2D eigenvalue weighted by Crippen LogP contribution is 2.26. The van der Waals surface area contributed by atoms with Crippen LogP contribution >= 0.6 is 0 Å². The molecule has 6 N–H and O–H groups in total. The molecule has 4 rings (SSSR count). The van der Waals surface area contributed by atoms with Crippen molar-refractivity contribution in [3.63, 3.8) is 0 Å². The molecule has 182 valence electrons. The lowest BCUT2D eigenvalue weighted by Gasteiger charge is -2.17. The first kappa shape index (κ1) is 23.8. The Balaban J connectivity index is 1.47. The molecule has 3 amide bonds. The summed E-state index contributed by atoms with van der Waals surface area (Å²) in [6.45, 7) is 1.74. The van der Waals surface area contributed by atoms with Crippen molar-refractivity contribution in [2.24, 2.45) is 5.73 Å². The predicted molar refractivity (Wildman–Crippen MR) is 133 cm³/mol. The van der Waals surface area contributed by atoms with E-state index < -0.39 is 11.7 Å². The van der Waals surface area contributed by atoms with Crippen LogP contribution in [0.25, 0.3) is 0 Å². The molecule has 1 aromatic heterocycles. The highest BCUT2D eigenvalue weighted by atomic mass is 19.1. The fraction of sp³-hybridized carbons (Fsp3) is 0.240. The van der Waals surface area contributed by atoms with Crippen LogP contribution in [-0.4, -0.2) is 46.6 Å². The van der Waals surface area contributed by atoms with E-state index in [1.54, 1.807) is 23.1 Å². The van der Waals surface area contributed by atoms with Gasteiger partial charge in [-0.25, -0.2) is 14.2 Å². The van der Waals surface area contributed by atoms with Crippen LogP contribution in [0.4, 0.5) is 32.1 Å². The number of nitrogens with one attached hydrogen (secondary N) is 3. The average Bonchev–Trinajstić information content (AvgIpc) is 3.38. The number of nitrogens with two attached hydrogens (primary N) is 1. The van der Waals surface area contributed by atoms with Gasteiger partial charge in [-0.3, -0.25) is 4.79 Å². The van der Waals surface area contributed by atoms with E-state index in [0.717, 1.165) is 18.4 Å². The van der Waals surface area contributed by atoms with E-state index in [4.69, 9.17) is 5.73 Å². The van der Waals surface area contributed by atoms with Crippen molar-refractivity contribution in [1.82, 2.24) is 9.88 Å². The Labute approximate surface area is 202 Å². The number of phenols is 1. The number of urea groups is 1. The van der Waals surface area contributed by atoms with Crippen molar-refractivity contribution in [2.45, 2.75) is 19.3 Å². The number of aromatic nitrogens is 1. The molecule has 9 nitrogen and oxygen atoms in total. The van der Waals surface area contributed by atoms with Crippen molar-refractivity contribution in [2.75, 3.05) is 35.6 Å².